The Hall–Kier alpha value is -2.04. The zero-order chi connectivity index (χ0) is 17.2. The quantitative estimate of drug-likeness (QED) is 0.488. The molecule has 2 aliphatic rings. The molecule has 0 saturated heterocycles. The van der Waals surface area contributed by atoms with Crippen LogP contribution >= 0.6 is 0 Å². The van der Waals surface area contributed by atoms with E-state index in [1.165, 1.54) is 30.4 Å². The first kappa shape index (κ1) is 17.3. The second-order valence-corrected chi connectivity index (χ2v) is 7.04. The molecule has 0 radical (unpaired) electrons. The lowest BCUT2D eigenvalue weighted by Crippen LogP contribution is -2.35. The maximum Gasteiger partial charge on any atom is 0.335 e. The van der Waals surface area contributed by atoms with Crippen LogP contribution in [0.2, 0.25) is 0 Å². The van der Waals surface area contributed by atoms with Gasteiger partial charge in [0.2, 0.25) is 0 Å². The van der Waals surface area contributed by atoms with E-state index in [4.69, 9.17) is 11.1 Å². The van der Waals surface area contributed by atoms with Crippen molar-refractivity contribution in [2.75, 3.05) is 7.05 Å². The number of aromatic carboxylic acids is 1. The third-order valence-corrected chi connectivity index (χ3v) is 5.05. The SMILES string of the molecule is CN(C1CC1)C1CCC(C)(C)c2cc(C(=O)O)ccc21.[N-]=[N+]=N. The summed E-state index contributed by atoms with van der Waals surface area (Å²) in [6.45, 7) is 4.45. The van der Waals surface area contributed by atoms with Gasteiger partial charge >= 0.3 is 5.97 Å². The number of hydrogen-bond acceptors (Lipinski definition) is 3. The molecule has 0 aliphatic heterocycles. The lowest BCUT2D eigenvalue weighted by atomic mass is 9.70. The van der Waals surface area contributed by atoms with Gasteiger partial charge in [-0.1, -0.05) is 19.9 Å². The van der Waals surface area contributed by atoms with Gasteiger partial charge < -0.3 is 5.11 Å². The van der Waals surface area contributed by atoms with Crippen molar-refractivity contribution in [2.24, 2.45) is 0 Å². The first-order valence-electron chi connectivity index (χ1n) is 7.92. The zero-order valence-corrected chi connectivity index (χ0v) is 13.9. The summed E-state index contributed by atoms with van der Waals surface area (Å²) in [5.41, 5.74) is 15.3. The Labute approximate surface area is 136 Å². The molecule has 1 saturated carbocycles. The van der Waals surface area contributed by atoms with Gasteiger partial charge in [0.05, 0.1) is 5.56 Å². The molecule has 0 bridgehead atoms. The van der Waals surface area contributed by atoms with E-state index in [2.05, 4.69) is 25.8 Å². The fourth-order valence-electron chi connectivity index (χ4n) is 3.51. The van der Waals surface area contributed by atoms with Crippen LogP contribution in [0.4, 0.5) is 0 Å². The van der Waals surface area contributed by atoms with Gasteiger partial charge in [0, 0.05) is 12.1 Å². The first-order valence-corrected chi connectivity index (χ1v) is 7.92. The van der Waals surface area contributed by atoms with Crippen molar-refractivity contribution in [1.29, 1.82) is 5.53 Å². The summed E-state index contributed by atoms with van der Waals surface area (Å²) < 4.78 is 0. The van der Waals surface area contributed by atoms with Gasteiger partial charge in [0.1, 0.15) is 0 Å². The monoisotopic (exact) mass is 316 g/mol. The Morgan fingerprint density at radius 3 is 2.52 bits per heavy atom. The number of hydrogen-bond donors (Lipinski definition) is 2. The van der Waals surface area contributed by atoms with Crippen LogP contribution in [0.25, 0.3) is 10.4 Å². The molecule has 23 heavy (non-hydrogen) atoms. The molecule has 6 nitrogen and oxygen atoms in total. The number of nitrogens with one attached hydrogen (secondary N) is 1. The fraction of sp³-hybridized carbons (Fsp3) is 0.588. The highest BCUT2D eigenvalue weighted by molar-refractivity contribution is 5.88. The highest BCUT2D eigenvalue weighted by Gasteiger charge is 2.38. The molecular formula is C17H24N4O2. The molecule has 2 aliphatic carbocycles. The topological polar surface area (TPSA) is 101 Å². The van der Waals surface area contributed by atoms with Crippen LogP contribution < -0.4 is 0 Å². The zero-order valence-electron chi connectivity index (χ0n) is 13.9. The Morgan fingerprint density at radius 1 is 1.39 bits per heavy atom. The summed E-state index contributed by atoms with van der Waals surface area (Å²) in [5.74, 6) is -0.832. The molecule has 0 amide bonds. The molecule has 124 valence electrons. The van der Waals surface area contributed by atoms with Crippen LogP contribution in [0, 0.1) is 5.53 Å². The van der Waals surface area contributed by atoms with Gasteiger partial charge in [-0.05, 0) is 71.8 Å². The number of nitrogens with zero attached hydrogens (tertiary/aromatic N) is 3. The molecule has 1 unspecified atom stereocenters. The van der Waals surface area contributed by atoms with Gasteiger partial charge in [-0.25, -0.2) is 4.79 Å². The van der Waals surface area contributed by atoms with E-state index in [1.54, 1.807) is 11.0 Å². The predicted molar refractivity (Wildman–Crippen MR) is 88.6 cm³/mol. The van der Waals surface area contributed by atoms with Crippen molar-refractivity contribution < 1.29 is 9.90 Å². The molecule has 0 aromatic heterocycles. The number of carboxylic acids is 1. The van der Waals surface area contributed by atoms with Gasteiger partial charge in [0.25, 0.3) is 0 Å². The summed E-state index contributed by atoms with van der Waals surface area (Å²) in [5, 5.41) is 9.22. The van der Waals surface area contributed by atoms with Crippen molar-refractivity contribution in [1.82, 2.24) is 4.90 Å². The van der Waals surface area contributed by atoms with Gasteiger partial charge in [0.15, 0.2) is 0 Å². The second-order valence-electron chi connectivity index (χ2n) is 7.04. The third kappa shape index (κ3) is 3.66. The third-order valence-electron chi connectivity index (χ3n) is 5.05. The van der Waals surface area contributed by atoms with Crippen molar-refractivity contribution in [3.63, 3.8) is 0 Å². The number of rotatable bonds is 3. The van der Waals surface area contributed by atoms with Crippen LogP contribution in [0.15, 0.2) is 18.2 Å². The summed E-state index contributed by atoms with van der Waals surface area (Å²) in [7, 11) is 2.22. The van der Waals surface area contributed by atoms with E-state index < -0.39 is 5.97 Å². The molecule has 3 rings (SSSR count). The largest absolute Gasteiger partial charge is 0.478 e. The van der Waals surface area contributed by atoms with Gasteiger partial charge in [-0.2, -0.15) is 0 Å². The molecular weight excluding hydrogens is 292 g/mol. The Kier molecular flexibility index (Phi) is 4.97. The minimum Gasteiger partial charge on any atom is -0.478 e. The highest BCUT2D eigenvalue weighted by Crippen LogP contribution is 2.46. The number of carbonyl (C=O) groups is 1. The number of fused-ring (bicyclic) bond motifs is 1. The van der Waals surface area contributed by atoms with E-state index in [9.17, 15) is 9.90 Å². The molecule has 0 heterocycles. The maximum atomic E-state index is 11.2. The summed E-state index contributed by atoms with van der Waals surface area (Å²) in [4.78, 5) is 15.5. The van der Waals surface area contributed by atoms with E-state index in [1.807, 2.05) is 12.1 Å². The first-order chi connectivity index (χ1) is 10.8. The average Bonchev–Trinajstić information content (AvgIpc) is 3.32. The minimum absolute atomic E-state index is 0.0711. The van der Waals surface area contributed by atoms with Crippen molar-refractivity contribution in [3.8, 4) is 0 Å². The van der Waals surface area contributed by atoms with E-state index in [0.29, 0.717) is 11.6 Å². The Balaban J connectivity index is 0.000000595. The summed E-state index contributed by atoms with van der Waals surface area (Å²) in [6, 6.07) is 6.88. The molecule has 1 aromatic rings. The van der Waals surface area contributed by atoms with Crippen LogP contribution in [-0.2, 0) is 5.41 Å². The lowest BCUT2D eigenvalue weighted by molar-refractivity contribution is 0.0696. The summed E-state index contributed by atoms with van der Waals surface area (Å²) >= 11 is 0. The Morgan fingerprint density at radius 2 is 2.00 bits per heavy atom. The Bertz CT molecular complexity index is 631. The second kappa shape index (κ2) is 6.60. The standard InChI is InChI=1S/C17H23NO2.HN3/c1-17(2)9-8-15(18(3)12-5-6-12)13-7-4-11(16(19)20)10-14(13)17;1-3-2/h4,7,10,12,15H,5-6,8-9H2,1-3H3,(H,19,20);1H. The average molecular weight is 316 g/mol. The van der Waals surface area contributed by atoms with Crippen LogP contribution in [0.5, 0.6) is 0 Å². The summed E-state index contributed by atoms with van der Waals surface area (Å²) in [6.07, 6.45) is 4.89. The normalized spacial score (nSPS) is 21.7. The number of carboxylic acid groups (broad SMARTS) is 1. The van der Waals surface area contributed by atoms with Crippen molar-refractivity contribution >= 4 is 5.97 Å². The van der Waals surface area contributed by atoms with Gasteiger partial charge in [-0.15, -0.1) is 5.53 Å². The van der Waals surface area contributed by atoms with E-state index in [-0.39, 0.29) is 5.41 Å². The lowest BCUT2D eigenvalue weighted by Gasteiger charge is -2.41. The smallest absolute Gasteiger partial charge is 0.335 e. The molecule has 2 N–H and O–H groups in total. The molecule has 0 spiro atoms. The van der Waals surface area contributed by atoms with Crippen molar-refractivity contribution in [3.05, 3.63) is 45.3 Å². The van der Waals surface area contributed by atoms with Crippen LogP contribution in [-0.4, -0.2) is 29.1 Å². The molecule has 6 heteroatoms. The minimum atomic E-state index is -0.832. The van der Waals surface area contributed by atoms with Gasteiger partial charge in [-0.3, -0.25) is 4.90 Å². The predicted octanol–water partition coefficient (Wildman–Crippen LogP) is 4.47. The van der Waals surface area contributed by atoms with E-state index in [0.717, 1.165) is 12.5 Å². The highest BCUT2D eigenvalue weighted by atomic mass is 16.4. The van der Waals surface area contributed by atoms with Crippen LogP contribution in [0.1, 0.15) is 67.1 Å². The maximum absolute atomic E-state index is 11.2. The van der Waals surface area contributed by atoms with Crippen molar-refractivity contribution in [2.45, 2.75) is 57.0 Å². The van der Waals surface area contributed by atoms with Crippen LogP contribution in [0.3, 0.4) is 0 Å². The number of benzene rings is 1. The van der Waals surface area contributed by atoms with E-state index >= 15 is 0 Å². The molecule has 1 aromatic carbocycles. The molecule has 1 fully saturated rings. The fourth-order valence-corrected chi connectivity index (χ4v) is 3.51. The molecule has 1 atom stereocenters.